The van der Waals surface area contributed by atoms with Gasteiger partial charge >= 0.3 is 6.03 Å². The Morgan fingerprint density at radius 1 is 1.19 bits per heavy atom. The monoisotopic (exact) mass is 357 g/mol. The predicted molar refractivity (Wildman–Crippen MR) is 97.2 cm³/mol. The summed E-state index contributed by atoms with van der Waals surface area (Å²) in [4.78, 5) is 34.8. The van der Waals surface area contributed by atoms with Gasteiger partial charge in [0.25, 0.3) is 5.91 Å². The number of imide groups is 1. The molecule has 2 atom stereocenters. The summed E-state index contributed by atoms with van der Waals surface area (Å²) in [7, 11) is 1.68. The lowest BCUT2D eigenvalue weighted by Crippen LogP contribution is -2.64. The number of urea groups is 1. The van der Waals surface area contributed by atoms with Crippen LogP contribution in [-0.4, -0.2) is 66.6 Å². The standard InChI is InChI=1S/C18H23N5O3/c1-3-26-13-8-6-12(7-9-13)22-10-4-5-11-23-14-15(19-17(22)23)21(2)18(25)20-16(14)24/h6-9,14-15H,3-5,10-11H2,1-2H3,(H,20,24,25). The van der Waals surface area contributed by atoms with Crippen LogP contribution in [0.2, 0.25) is 0 Å². The number of benzene rings is 1. The molecule has 3 heterocycles. The Morgan fingerprint density at radius 3 is 2.65 bits per heavy atom. The van der Waals surface area contributed by atoms with Crippen LogP contribution >= 0.6 is 0 Å². The largest absolute Gasteiger partial charge is 0.494 e. The fourth-order valence-electron chi connectivity index (χ4n) is 3.76. The highest BCUT2D eigenvalue weighted by Crippen LogP contribution is 2.30. The van der Waals surface area contributed by atoms with E-state index >= 15 is 0 Å². The van der Waals surface area contributed by atoms with Gasteiger partial charge in [0, 0.05) is 25.8 Å². The van der Waals surface area contributed by atoms with Crippen molar-refractivity contribution in [2.45, 2.75) is 32.0 Å². The van der Waals surface area contributed by atoms with E-state index in [1.54, 1.807) is 7.05 Å². The number of nitrogens with one attached hydrogen (secondary N) is 1. The van der Waals surface area contributed by atoms with Gasteiger partial charge in [0.2, 0.25) is 5.96 Å². The van der Waals surface area contributed by atoms with Gasteiger partial charge in [-0.3, -0.25) is 10.1 Å². The van der Waals surface area contributed by atoms with Crippen LogP contribution in [0.5, 0.6) is 5.75 Å². The zero-order valence-corrected chi connectivity index (χ0v) is 15.0. The van der Waals surface area contributed by atoms with Gasteiger partial charge in [0.15, 0.2) is 12.2 Å². The van der Waals surface area contributed by atoms with Crippen molar-refractivity contribution in [2.75, 3.05) is 31.6 Å². The molecule has 1 aromatic carbocycles. The SMILES string of the molecule is CCOc1ccc(N2CCCCN3C2=NC2C3C(=O)NC(=O)N2C)cc1. The summed E-state index contributed by atoms with van der Waals surface area (Å²) in [5.74, 6) is 1.32. The lowest BCUT2D eigenvalue weighted by Gasteiger charge is -2.36. The van der Waals surface area contributed by atoms with Gasteiger partial charge in [-0.1, -0.05) is 0 Å². The Labute approximate surface area is 152 Å². The summed E-state index contributed by atoms with van der Waals surface area (Å²) in [6.45, 7) is 4.16. The molecule has 0 aromatic heterocycles. The first-order valence-corrected chi connectivity index (χ1v) is 9.02. The van der Waals surface area contributed by atoms with E-state index in [2.05, 4.69) is 10.2 Å². The molecule has 0 spiro atoms. The number of ether oxygens (including phenoxy) is 1. The number of nitrogens with zero attached hydrogens (tertiary/aromatic N) is 4. The van der Waals surface area contributed by atoms with E-state index in [9.17, 15) is 9.59 Å². The molecule has 8 heteroatoms. The number of guanidine groups is 1. The maximum atomic E-state index is 12.4. The topological polar surface area (TPSA) is 77.5 Å². The lowest BCUT2D eigenvalue weighted by molar-refractivity contribution is -0.127. The molecule has 0 saturated carbocycles. The average Bonchev–Trinajstić information content (AvgIpc) is 2.89. The van der Waals surface area contributed by atoms with Crippen LogP contribution in [0.3, 0.4) is 0 Å². The average molecular weight is 357 g/mol. The molecule has 1 aromatic rings. The molecule has 1 N–H and O–H groups in total. The normalized spacial score (nSPS) is 25.3. The zero-order valence-electron chi connectivity index (χ0n) is 15.0. The molecule has 2 saturated heterocycles. The third-order valence-electron chi connectivity index (χ3n) is 5.07. The van der Waals surface area contributed by atoms with Crippen LogP contribution in [0.1, 0.15) is 19.8 Å². The molecule has 2 fully saturated rings. The van der Waals surface area contributed by atoms with Gasteiger partial charge in [-0.15, -0.1) is 0 Å². The first kappa shape index (κ1) is 16.7. The molecule has 0 aliphatic carbocycles. The molecule has 8 nitrogen and oxygen atoms in total. The first-order valence-electron chi connectivity index (χ1n) is 9.02. The fraction of sp³-hybridized carbons (Fsp3) is 0.500. The van der Waals surface area contributed by atoms with Gasteiger partial charge in [0.1, 0.15) is 5.75 Å². The Balaban J connectivity index is 1.68. The Hall–Kier alpha value is -2.77. The molecule has 0 bridgehead atoms. The van der Waals surface area contributed by atoms with E-state index in [-0.39, 0.29) is 5.91 Å². The summed E-state index contributed by atoms with van der Waals surface area (Å²) in [6.07, 6.45) is 1.51. The fourth-order valence-corrected chi connectivity index (χ4v) is 3.76. The predicted octanol–water partition coefficient (Wildman–Crippen LogP) is 1.23. The second-order valence-corrected chi connectivity index (χ2v) is 6.67. The van der Waals surface area contributed by atoms with Crippen molar-refractivity contribution in [3.05, 3.63) is 24.3 Å². The molecule has 26 heavy (non-hydrogen) atoms. The Morgan fingerprint density at radius 2 is 1.92 bits per heavy atom. The number of fused-ring (bicyclic) bond motifs is 3. The smallest absolute Gasteiger partial charge is 0.325 e. The number of amides is 3. The highest BCUT2D eigenvalue weighted by Gasteiger charge is 2.50. The van der Waals surface area contributed by atoms with Crippen molar-refractivity contribution in [3.8, 4) is 5.75 Å². The van der Waals surface area contributed by atoms with Gasteiger partial charge in [-0.05, 0) is 44.0 Å². The number of anilines is 1. The summed E-state index contributed by atoms with van der Waals surface area (Å²) >= 11 is 0. The summed E-state index contributed by atoms with van der Waals surface area (Å²) in [5.41, 5.74) is 1.01. The van der Waals surface area contributed by atoms with E-state index in [0.29, 0.717) is 6.61 Å². The number of carbonyl (C=O) groups is 2. The highest BCUT2D eigenvalue weighted by atomic mass is 16.5. The number of hydrogen-bond donors (Lipinski definition) is 1. The third kappa shape index (κ3) is 2.65. The minimum absolute atomic E-state index is 0.273. The molecule has 0 radical (unpaired) electrons. The van der Waals surface area contributed by atoms with Gasteiger partial charge in [0.05, 0.1) is 6.61 Å². The highest BCUT2D eigenvalue weighted by molar-refractivity contribution is 6.07. The molecule has 3 aliphatic heterocycles. The van der Waals surface area contributed by atoms with Crippen molar-refractivity contribution in [3.63, 3.8) is 0 Å². The second-order valence-electron chi connectivity index (χ2n) is 6.67. The van der Waals surface area contributed by atoms with Gasteiger partial charge < -0.3 is 19.4 Å². The molecule has 2 unspecified atom stereocenters. The van der Waals surface area contributed by atoms with Crippen molar-refractivity contribution in [2.24, 2.45) is 4.99 Å². The minimum atomic E-state index is -0.477. The number of rotatable bonds is 3. The zero-order chi connectivity index (χ0) is 18.3. The molecule has 3 amide bonds. The maximum Gasteiger partial charge on any atom is 0.325 e. The number of aliphatic imine (C=N–C) groups is 1. The van der Waals surface area contributed by atoms with Crippen LogP contribution in [0, 0.1) is 0 Å². The molecule has 138 valence electrons. The Bertz CT molecular complexity index is 748. The Kier molecular flexibility index (Phi) is 4.18. The van der Waals surface area contributed by atoms with Crippen molar-refractivity contribution in [1.82, 2.24) is 15.1 Å². The summed E-state index contributed by atoms with van der Waals surface area (Å²) < 4.78 is 5.52. The van der Waals surface area contributed by atoms with E-state index in [4.69, 9.17) is 9.73 Å². The van der Waals surface area contributed by atoms with E-state index in [1.165, 1.54) is 4.90 Å². The molecule has 3 aliphatic rings. The van der Waals surface area contributed by atoms with Crippen molar-refractivity contribution >= 4 is 23.6 Å². The van der Waals surface area contributed by atoms with E-state index in [1.807, 2.05) is 36.1 Å². The van der Waals surface area contributed by atoms with Crippen LogP contribution < -0.4 is 15.0 Å². The van der Waals surface area contributed by atoms with Crippen molar-refractivity contribution in [1.29, 1.82) is 0 Å². The molecular weight excluding hydrogens is 334 g/mol. The maximum absolute atomic E-state index is 12.4. The van der Waals surface area contributed by atoms with E-state index < -0.39 is 18.2 Å². The third-order valence-corrected chi connectivity index (χ3v) is 5.07. The first-order chi connectivity index (χ1) is 12.6. The minimum Gasteiger partial charge on any atom is -0.494 e. The summed E-state index contributed by atoms with van der Waals surface area (Å²) in [5, 5.41) is 2.43. The van der Waals surface area contributed by atoms with E-state index in [0.717, 1.165) is 43.3 Å². The van der Waals surface area contributed by atoms with Gasteiger partial charge in [-0.25, -0.2) is 9.79 Å². The summed E-state index contributed by atoms with van der Waals surface area (Å²) in [6, 6.07) is 7.04. The molecular formula is C18H23N5O3. The van der Waals surface area contributed by atoms with Crippen molar-refractivity contribution < 1.29 is 14.3 Å². The van der Waals surface area contributed by atoms with Crippen LogP contribution in [0.25, 0.3) is 0 Å². The number of hydrogen-bond acceptors (Lipinski definition) is 6. The van der Waals surface area contributed by atoms with Crippen LogP contribution in [0.15, 0.2) is 29.3 Å². The number of likely N-dealkylation sites (N-methyl/N-ethyl adjacent to an activating group) is 1. The number of carbonyl (C=O) groups excluding carboxylic acids is 2. The lowest BCUT2D eigenvalue weighted by atomic mass is 10.1. The quantitative estimate of drug-likeness (QED) is 0.881. The van der Waals surface area contributed by atoms with Crippen LogP contribution in [-0.2, 0) is 4.79 Å². The van der Waals surface area contributed by atoms with Gasteiger partial charge in [-0.2, -0.15) is 0 Å². The molecule has 4 rings (SSSR count). The second kappa shape index (κ2) is 6.51. The van der Waals surface area contributed by atoms with Crippen LogP contribution in [0.4, 0.5) is 10.5 Å².